The van der Waals surface area contributed by atoms with Crippen LogP contribution in [0.4, 0.5) is 8.78 Å². The Morgan fingerprint density at radius 1 is 1.08 bits per heavy atom. The number of thiophene rings is 1. The number of carbonyl (C=O) groups excluding carboxylic acids is 1. The maximum atomic E-state index is 13.7. The Morgan fingerprint density at radius 2 is 1.81 bits per heavy atom. The highest BCUT2D eigenvalue weighted by molar-refractivity contribution is 7.13. The Morgan fingerprint density at radius 3 is 2.44 bits per heavy atom. The molecule has 4 rings (SSSR count). The third kappa shape index (κ3) is 6.58. The molecule has 1 saturated carbocycles. The van der Waals surface area contributed by atoms with E-state index in [0.717, 1.165) is 31.7 Å². The maximum Gasteiger partial charge on any atom is 0.217 e. The number of rotatable bonds is 9. The van der Waals surface area contributed by atoms with Gasteiger partial charge in [0.25, 0.3) is 0 Å². The van der Waals surface area contributed by atoms with Crippen molar-refractivity contribution in [1.29, 1.82) is 0 Å². The lowest BCUT2D eigenvalue weighted by Crippen LogP contribution is -2.53. The summed E-state index contributed by atoms with van der Waals surface area (Å²) in [6.07, 6.45) is 4.43. The van der Waals surface area contributed by atoms with E-state index in [-0.39, 0.29) is 24.4 Å². The summed E-state index contributed by atoms with van der Waals surface area (Å²) >= 11 is 1.73. The summed E-state index contributed by atoms with van der Waals surface area (Å²) in [5, 5.41) is 19.7. The van der Waals surface area contributed by atoms with Crippen molar-refractivity contribution in [2.75, 3.05) is 6.54 Å². The monoisotopic (exact) mass is 512 g/mol. The van der Waals surface area contributed by atoms with Gasteiger partial charge in [-0.3, -0.25) is 4.79 Å². The zero-order valence-electron chi connectivity index (χ0n) is 20.8. The molecule has 0 saturated heterocycles. The lowest BCUT2D eigenvalue weighted by Gasteiger charge is -2.40. The van der Waals surface area contributed by atoms with E-state index in [1.54, 1.807) is 11.3 Å². The number of aliphatic hydroxyl groups is 1. The first-order valence-corrected chi connectivity index (χ1v) is 13.4. The molecule has 1 aliphatic rings. The number of amides is 1. The second-order valence-corrected chi connectivity index (χ2v) is 10.9. The highest BCUT2D eigenvalue weighted by Crippen LogP contribution is 2.39. The average Bonchev–Trinajstić information content (AvgIpc) is 3.28. The molecule has 1 aromatic heterocycles. The number of carbonyl (C=O) groups is 1. The van der Waals surface area contributed by atoms with E-state index >= 15 is 0 Å². The Bertz CT molecular complexity index is 1170. The first kappa shape index (κ1) is 26.5. The highest BCUT2D eigenvalue weighted by Gasteiger charge is 2.35. The van der Waals surface area contributed by atoms with Gasteiger partial charge in [0.2, 0.25) is 5.91 Å². The summed E-state index contributed by atoms with van der Waals surface area (Å²) in [4.78, 5) is 13.1. The van der Waals surface area contributed by atoms with E-state index in [1.807, 2.05) is 0 Å². The third-order valence-electron chi connectivity index (χ3n) is 7.02. The van der Waals surface area contributed by atoms with Crippen LogP contribution in [0.15, 0.2) is 53.9 Å². The van der Waals surface area contributed by atoms with E-state index in [9.17, 15) is 18.7 Å². The van der Waals surface area contributed by atoms with Gasteiger partial charge in [-0.25, -0.2) is 8.78 Å². The van der Waals surface area contributed by atoms with Gasteiger partial charge in [0, 0.05) is 30.0 Å². The summed E-state index contributed by atoms with van der Waals surface area (Å²) in [6, 6.07) is 13.4. The predicted molar refractivity (Wildman–Crippen MR) is 141 cm³/mol. The van der Waals surface area contributed by atoms with Crippen LogP contribution in [0.3, 0.4) is 0 Å². The molecule has 1 fully saturated rings. The van der Waals surface area contributed by atoms with Crippen molar-refractivity contribution in [1.82, 2.24) is 10.6 Å². The molecule has 4 nitrogen and oxygen atoms in total. The van der Waals surface area contributed by atoms with Crippen molar-refractivity contribution in [3.05, 3.63) is 82.2 Å². The summed E-state index contributed by atoms with van der Waals surface area (Å²) in [7, 11) is 0. The van der Waals surface area contributed by atoms with Crippen molar-refractivity contribution in [2.45, 2.75) is 70.1 Å². The summed E-state index contributed by atoms with van der Waals surface area (Å²) in [5.41, 5.74) is 3.73. The minimum Gasteiger partial charge on any atom is -0.390 e. The number of hydrogen-bond donors (Lipinski definition) is 3. The maximum absolute atomic E-state index is 13.7. The van der Waals surface area contributed by atoms with Gasteiger partial charge in [-0.15, -0.1) is 11.3 Å². The van der Waals surface area contributed by atoms with Crippen LogP contribution >= 0.6 is 11.3 Å². The molecule has 0 bridgehead atoms. The first-order chi connectivity index (χ1) is 17.2. The van der Waals surface area contributed by atoms with Gasteiger partial charge in [0.1, 0.15) is 11.6 Å². The fourth-order valence-electron chi connectivity index (χ4n) is 5.24. The lowest BCUT2D eigenvalue weighted by molar-refractivity contribution is -0.120. The zero-order chi connectivity index (χ0) is 25.7. The van der Waals surface area contributed by atoms with Crippen LogP contribution in [-0.4, -0.2) is 29.7 Å². The van der Waals surface area contributed by atoms with Gasteiger partial charge in [0.05, 0.1) is 12.1 Å². The van der Waals surface area contributed by atoms with Crippen molar-refractivity contribution in [3.8, 4) is 10.4 Å². The molecule has 0 radical (unpaired) electrons. The quantitative estimate of drug-likeness (QED) is 0.337. The Hall–Kier alpha value is -2.61. The van der Waals surface area contributed by atoms with Crippen LogP contribution in [0.2, 0.25) is 0 Å². The minimum atomic E-state index is -0.942. The number of aryl methyl sites for hydroxylation is 1. The summed E-state index contributed by atoms with van der Waals surface area (Å²) in [5.74, 6) is -1.66. The van der Waals surface area contributed by atoms with E-state index < -0.39 is 23.8 Å². The lowest BCUT2D eigenvalue weighted by atomic mass is 9.76. The largest absolute Gasteiger partial charge is 0.390 e. The standard InChI is InChI=1S/C29H34F2N2O2S/c1-19-11-28(36-18-19)22-7-6-8-23(15-22)29(9-4-3-5-10-29)32-17-27(35)26(33-20(2)34)14-21-12-24(30)16-25(31)13-21/h6-8,11-13,15-16,18,26-27,32,35H,3-5,9-10,14,17H2,1-2H3,(H,33,34). The van der Waals surface area contributed by atoms with Gasteiger partial charge >= 0.3 is 0 Å². The smallest absolute Gasteiger partial charge is 0.217 e. The van der Waals surface area contributed by atoms with Gasteiger partial charge in [-0.05, 0) is 78.1 Å². The molecular formula is C29H34F2N2O2S. The van der Waals surface area contributed by atoms with Gasteiger partial charge in [-0.1, -0.05) is 37.5 Å². The molecule has 3 aromatic rings. The topological polar surface area (TPSA) is 61.4 Å². The van der Waals surface area contributed by atoms with Crippen molar-refractivity contribution < 1.29 is 18.7 Å². The minimum absolute atomic E-state index is 0.122. The first-order valence-electron chi connectivity index (χ1n) is 12.6. The molecule has 2 aromatic carbocycles. The number of halogens is 2. The van der Waals surface area contributed by atoms with Crippen molar-refractivity contribution in [3.63, 3.8) is 0 Å². The van der Waals surface area contributed by atoms with Crippen molar-refractivity contribution in [2.24, 2.45) is 0 Å². The molecule has 1 heterocycles. The molecule has 192 valence electrons. The fraction of sp³-hybridized carbons (Fsp3) is 0.414. The van der Waals surface area contributed by atoms with Crippen LogP contribution in [-0.2, 0) is 16.8 Å². The Labute approximate surface area is 215 Å². The fourth-order valence-corrected chi connectivity index (χ4v) is 6.14. The van der Waals surface area contributed by atoms with E-state index in [0.29, 0.717) is 5.56 Å². The van der Waals surface area contributed by atoms with Crippen LogP contribution < -0.4 is 10.6 Å². The molecule has 7 heteroatoms. The Balaban J connectivity index is 1.54. The van der Waals surface area contributed by atoms with E-state index in [4.69, 9.17) is 0 Å². The van der Waals surface area contributed by atoms with Crippen LogP contribution in [0.5, 0.6) is 0 Å². The third-order valence-corrected chi connectivity index (χ3v) is 8.12. The zero-order valence-corrected chi connectivity index (χ0v) is 21.6. The summed E-state index contributed by atoms with van der Waals surface area (Å²) < 4.78 is 27.5. The molecular weight excluding hydrogens is 478 g/mol. The highest BCUT2D eigenvalue weighted by atomic mass is 32.1. The normalized spacial score (nSPS) is 16.9. The number of aliphatic hydroxyl groups excluding tert-OH is 1. The molecule has 36 heavy (non-hydrogen) atoms. The molecule has 2 atom stereocenters. The van der Waals surface area contributed by atoms with Gasteiger partial charge < -0.3 is 15.7 Å². The Kier molecular flexibility index (Phi) is 8.54. The van der Waals surface area contributed by atoms with Gasteiger partial charge in [0.15, 0.2) is 0 Å². The second-order valence-electron chi connectivity index (χ2n) is 9.95. The van der Waals surface area contributed by atoms with Crippen molar-refractivity contribution >= 4 is 17.2 Å². The van der Waals surface area contributed by atoms with E-state index in [1.165, 1.54) is 47.0 Å². The molecule has 1 aliphatic carbocycles. The molecule has 0 spiro atoms. The van der Waals surface area contributed by atoms with E-state index in [2.05, 4.69) is 53.3 Å². The SMILES string of the molecule is CC(=O)NC(Cc1cc(F)cc(F)c1)C(O)CNC1(c2cccc(-c3cc(C)cs3)c2)CCCCC1. The number of hydrogen-bond acceptors (Lipinski definition) is 4. The number of benzene rings is 2. The van der Waals surface area contributed by atoms with Crippen LogP contribution in [0.25, 0.3) is 10.4 Å². The van der Waals surface area contributed by atoms with Crippen LogP contribution in [0, 0.1) is 18.6 Å². The number of nitrogens with one attached hydrogen (secondary N) is 2. The predicted octanol–water partition coefficient (Wildman–Crippen LogP) is 5.86. The molecule has 0 aliphatic heterocycles. The van der Waals surface area contributed by atoms with Crippen LogP contribution in [0.1, 0.15) is 55.7 Å². The average molecular weight is 513 g/mol. The summed E-state index contributed by atoms with van der Waals surface area (Å²) in [6.45, 7) is 3.71. The second kappa shape index (κ2) is 11.6. The molecule has 2 unspecified atom stereocenters. The van der Waals surface area contributed by atoms with Gasteiger partial charge in [-0.2, -0.15) is 0 Å². The molecule has 1 amide bonds. The molecule has 3 N–H and O–H groups in total.